The summed E-state index contributed by atoms with van der Waals surface area (Å²) < 4.78 is 16.6. The lowest BCUT2D eigenvalue weighted by Gasteiger charge is -2.37. The Morgan fingerprint density at radius 2 is 1.64 bits per heavy atom. The van der Waals surface area contributed by atoms with Crippen molar-refractivity contribution in [2.24, 2.45) is 11.8 Å². The van der Waals surface area contributed by atoms with E-state index in [0.717, 1.165) is 61.3 Å². The van der Waals surface area contributed by atoms with Gasteiger partial charge in [-0.1, -0.05) is 66.2 Å². The zero-order chi connectivity index (χ0) is 27.5. The first-order valence-corrected chi connectivity index (χ1v) is 15.1. The molecule has 0 aromatic heterocycles. The number of phenols is 1. The normalized spacial score (nSPS) is 24.2. The Balaban J connectivity index is 0.00000112. The average Bonchev–Trinajstić information content (AvgIpc) is 3.16. The molecule has 208 valence electrons. The molecule has 0 bridgehead atoms. The number of allylic oxidation sites excluding steroid dienone is 5. The van der Waals surface area contributed by atoms with Gasteiger partial charge in [0.1, 0.15) is 5.75 Å². The Labute approximate surface area is 241 Å². The van der Waals surface area contributed by atoms with Crippen molar-refractivity contribution in [3.8, 4) is 5.75 Å². The molecule has 2 aromatic rings. The first kappa shape index (κ1) is 29.3. The molecule has 5 rings (SSSR count). The molecule has 3 aliphatic carbocycles. The van der Waals surface area contributed by atoms with E-state index in [-0.39, 0.29) is 0 Å². The van der Waals surface area contributed by atoms with E-state index in [0.29, 0.717) is 17.7 Å². The van der Waals surface area contributed by atoms with Crippen LogP contribution in [-0.4, -0.2) is 32.7 Å². The summed E-state index contributed by atoms with van der Waals surface area (Å²) in [5.74, 6) is 2.31. The fourth-order valence-corrected chi connectivity index (χ4v) is 6.45. The van der Waals surface area contributed by atoms with Gasteiger partial charge in [0.2, 0.25) is 0 Å². The molecule has 1 saturated carbocycles. The van der Waals surface area contributed by atoms with Crippen LogP contribution in [0.2, 0.25) is 0 Å². The fraction of sp³-hybridized carbons (Fsp3) is 0.438. The number of fused-ring (bicyclic) bond motifs is 1. The first-order valence-electron chi connectivity index (χ1n) is 14.0. The summed E-state index contributed by atoms with van der Waals surface area (Å²) in [6.45, 7) is 2.12. The van der Waals surface area contributed by atoms with Gasteiger partial charge in [-0.3, -0.25) is 0 Å². The van der Waals surface area contributed by atoms with Gasteiger partial charge in [0.05, 0.1) is 0 Å². The first-order chi connectivity index (χ1) is 19.1. The molecule has 5 nitrogen and oxygen atoms in total. The molecule has 2 aromatic carbocycles. The van der Waals surface area contributed by atoms with Crippen LogP contribution in [0, 0.1) is 11.8 Å². The third-order valence-corrected chi connectivity index (χ3v) is 8.71. The van der Waals surface area contributed by atoms with Crippen LogP contribution in [0.5, 0.6) is 5.75 Å². The van der Waals surface area contributed by atoms with Gasteiger partial charge in [0.15, 0.2) is 0 Å². The summed E-state index contributed by atoms with van der Waals surface area (Å²) in [7, 11) is 0. The number of hydrogen-bond acceptors (Lipinski definition) is 5. The number of halogens is 1. The van der Waals surface area contributed by atoms with Crippen molar-refractivity contribution in [3.63, 3.8) is 0 Å². The molecule has 3 N–H and O–H groups in total. The predicted octanol–water partition coefficient (Wildman–Crippen LogP) is 6.32. The van der Waals surface area contributed by atoms with Gasteiger partial charge in [-0.25, -0.2) is 0 Å². The number of nitrogens with one attached hydrogen (secondary N) is 2. The molecule has 2 atom stereocenters. The highest BCUT2D eigenvalue weighted by molar-refractivity contribution is 7.51. The van der Waals surface area contributed by atoms with E-state index in [9.17, 15) is 5.11 Å². The van der Waals surface area contributed by atoms with Crippen LogP contribution in [0.4, 0.5) is 0 Å². The molecule has 7 heteroatoms. The van der Waals surface area contributed by atoms with Gasteiger partial charge in [0, 0.05) is 35.7 Å². The van der Waals surface area contributed by atoms with Gasteiger partial charge in [-0.2, -0.15) is 8.42 Å². The van der Waals surface area contributed by atoms with E-state index in [1.165, 1.54) is 42.4 Å². The Morgan fingerprint density at radius 1 is 0.923 bits per heavy atom. The molecule has 1 fully saturated rings. The molecule has 2 unspecified atom stereocenters. The van der Waals surface area contributed by atoms with Crippen LogP contribution in [0.25, 0.3) is 0 Å². The smallest absolute Gasteiger partial charge is 0.335 e. The summed E-state index contributed by atoms with van der Waals surface area (Å²) >= 11 is 5.69. The van der Waals surface area contributed by atoms with E-state index >= 15 is 0 Å². The second-order valence-electron chi connectivity index (χ2n) is 10.9. The lowest BCUT2D eigenvalue weighted by atomic mass is 9.75. The van der Waals surface area contributed by atoms with Crippen LogP contribution in [0.3, 0.4) is 0 Å². The third-order valence-electron chi connectivity index (χ3n) is 8.35. The lowest BCUT2D eigenvalue weighted by molar-refractivity contribution is 0.250. The molecule has 0 amide bonds. The maximum Gasteiger partial charge on any atom is 0.335 e. The number of hydrogen-bond donors (Lipinski definition) is 3. The number of aryl methyl sites for hydroxylation is 1. The van der Waals surface area contributed by atoms with Crippen molar-refractivity contribution in [2.45, 2.75) is 63.3 Å². The molecule has 3 aliphatic rings. The molecule has 0 aliphatic heterocycles. The summed E-state index contributed by atoms with van der Waals surface area (Å²) in [4.78, 5) is 0. The van der Waals surface area contributed by atoms with E-state index in [2.05, 4.69) is 71.3 Å². The minimum absolute atomic E-state index is 0.384. The van der Waals surface area contributed by atoms with Crippen LogP contribution in [-0.2, 0) is 24.4 Å². The van der Waals surface area contributed by atoms with Crippen LogP contribution < -0.4 is 10.6 Å². The summed E-state index contributed by atoms with van der Waals surface area (Å²) in [5.41, 5.74) is 5.20. The summed E-state index contributed by atoms with van der Waals surface area (Å²) in [5, 5.41) is 18.6. The predicted molar refractivity (Wildman–Crippen MR) is 159 cm³/mol. The lowest BCUT2D eigenvalue weighted by Crippen LogP contribution is -2.42. The molecule has 0 heterocycles. The Hall–Kier alpha value is -2.67. The SMILES string of the molecule is O=S=O.Oc1ccc2c(c1)CCC(NCC1CCC(CNC3=C(Cl)CC=CC=C3)CC1)C2Cc1ccccc1. The Kier molecular flexibility index (Phi) is 11.4. The largest absolute Gasteiger partial charge is 0.508 e. The quantitative estimate of drug-likeness (QED) is 0.349. The number of benzene rings is 2. The molecule has 39 heavy (non-hydrogen) atoms. The Morgan fingerprint density at radius 3 is 2.38 bits per heavy atom. The van der Waals surface area contributed by atoms with Gasteiger partial charge >= 0.3 is 11.6 Å². The monoisotopic (exact) mass is 566 g/mol. The zero-order valence-electron chi connectivity index (χ0n) is 22.4. The van der Waals surface area contributed by atoms with Crippen molar-refractivity contribution in [1.29, 1.82) is 0 Å². The van der Waals surface area contributed by atoms with Crippen molar-refractivity contribution in [2.75, 3.05) is 13.1 Å². The molecule has 0 radical (unpaired) electrons. The maximum absolute atomic E-state index is 10.0. The number of aromatic hydroxyl groups is 1. The van der Waals surface area contributed by atoms with E-state index in [1.807, 2.05) is 12.1 Å². The highest BCUT2D eigenvalue weighted by atomic mass is 35.5. The minimum atomic E-state index is -0.750. The molecule has 0 saturated heterocycles. The summed E-state index contributed by atoms with van der Waals surface area (Å²) in [6.07, 6.45) is 17.5. The molecular weight excluding hydrogens is 528 g/mol. The van der Waals surface area contributed by atoms with E-state index in [4.69, 9.17) is 20.0 Å². The third kappa shape index (κ3) is 8.66. The Bertz CT molecular complexity index is 1200. The van der Waals surface area contributed by atoms with Crippen molar-refractivity contribution < 1.29 is 13.5 Å². The van der Waals surface area contributed by atoms with Gasteiger partial charge in [-0.05, 0) is 98.2 Å². The van der Waals surface area contributed by atoms with Crippen molar-refractivity contribution >= 4 is 23.2 Å². The minimum Gasteiger partial charge on any atom is -0.508 e. The van der Waals surface area contributed by atoms with Crippen LogP contribution >= 0.6 is 11.6 Å². The highest BCUT2D eigenvalue weighted by Gasteiger charge is 2.31. The van der Waals surface area contributed by atoms with Crippen LogP contribution in [0.15, 0.2) is 83.6 Å². The van der Waals surface area contributed by atoms with Crippen molar-refractivity contribution in [3.05, 3.63) is 100 Å². The molecular formula is C32H39ClN2O3S. The summed E-state index contributed by atoms with van der Waals surface area (Å²) in [6, 6.07) is 17.3. The highest BCUT2D eigenvalue weighted by Crippen LogP contribution is 2.37. The average molecular weight is 567 g/mol. The standard InChI is InChI=1S/C32H39ClN2O.O2S/c33-30-9-5-2-6-10-32(30)35-22-25-13-11-24(12-14-25)21-34-31-18-15-26-20-27(36)16-17-28(26)29(31)19-23-7-3-1-4-8-23;1-3-2/h1-8,10,16-17,20,24-25,29,31,34-36H,9,11-15,18-19,21-22H2;. The van der Waals surface area contributed by atoms with E-state index < -0.39 is 11.6 Å². The second-order valence-corrected chi connectivity index (χ2v) is 11.5. The van der Waals surface area contributed by atoms with Gasteiger partial charge in [0.25, 0.3) is 0 Å². The van der Waals surface area contributed by atoms with Crippen LogP contribution in [0.1, 0.15) is 61.1 Å². The van der Waals surface area contributed by atoms with Gasteiger partial charge in [-0.15, -0.1) is 0 Å². The maximum atomic E-state index is 10.0. The second kappa shape index (κ2) is 15.2. The fourth-order valence-electron chi connectivity index (χ4n) is 6.23. The van der Waals surface area contributed by atoms with E-state index in [1.54, 1.807) is 0 Å². The van der Waals surface area contributed by atoms with Crippen molar-refractivity contribution in [1.82, 2.24) is 10.6 Å². The zero-order valence-corrected chi connectivity index (χ0v) is 23.9. The van der Waals surface area contributed by atoms with Gasteiger partial charge < -0.3 is 15.7 Å². The molecule has 0 spiro atoms. The topological polar surface area (TPSA) is 78.4 Å². The number of rotatable bonds is 8. The number of phenolic OH excluding ortho intramolecular Hbond substituents is 1.